The van der Waals surface area contributed by atoms with E-state index in [4.69, 9.17) is 4.74 Å². The van der Waals surface area contributed by atoms with E-state index in [1.165, 1.54) is 12.1 Å². The van der Waals surface area contributed by atoms with E-state index in [-0.39, 0.29) is 17.3 Å². The maximum absolute atomic E-state index is 11.6. The number of nitrogens with zero attached hydrogens (tertiary/aromatic N) is 1. The predicted octanol–water partition coefficient (Wildman–Crippen LogP) is 2.20. The molecule has 0 aromatic heterocycles. The van der Waals surface area contributed by atoms with E-state index in [2.05, 4.69) is 5.32 Å². The number of nitro groups is 1. The van der Waals surface area contributed by atoms with Crippen LogP contribution in [0.3, 0.4) is 0 Å². The molecule has 0 heterocycles. The van der Waals surface area contributed by atoms with Gasteiger partial charge in [0.15, 0.2) is 11.9 Å². The van der Waals surface area contributed by atoms with E-state index < -0.39 is 11.0 Å². The van der Waals surface area contributed by atoms with Gasteiger partial charge in [0.1, 0.15) is 0 Å². The van der Waals surface area contributed by atoms with Crippen molar-refractivity contribution in [2.75, 3.05) is 6.54 Å². The molecule has 1 atom stereocenters. The minimum absolute atomic E-state index is 0.106. The van der Waals surface area contributed by atoms with E-state index in [0.717, 1.165) is 12.0 Å². The Morgan fingerprint density at radius 1 is 1.53 bits per heavy atom. The molecule has 1 rings (SSSR count). The molecule has 1 N–H and O–H groups in total. The number of aryl methyl sites for hydroxylation is 1. The lowest BCUT2D eigenvalue weighted by atomic mass is 10.2. The molecule has 1 amide bonds. The van der Waals surface area contributed by atoms with E-state index in [1.54, 1.807) is 19.9 Å². The molecule has 104 valence electrons. The number of carbonyl (C=O) groups is 1. The van der Waals surface area contributed by atoms with Crippen LogP contribution < -0.4 is 10.1 Å². The van der Waals surface area contributed by atoms with Crippen LogP contribution >= 0.6 is 0 Å². The third-order valence-electron chi connectivity index (χ3n) is 2.53. The summed E-state index contributed by atoms with van der Waals surface area (Å²) >= 11 is 0. The molecule has 1 aromatic carbocycles. The van der Waals surface area contributed by atoms with E-state index in [0.29, 0.717) is 6.54 Å². The van der Waals surface area contributed by atoms with Crippen molar-refractivity contribution >= 4 is 11.6 Å². The van der Waals surface area contributed by atoms with Crippen LogP contribution in [0.4, 0.5) is 5.69 Å². The zero-order chi connectivity index (χ0) is 14.4. The molecule has 6 nitrogen and oxygen atoms in total. The van der Waals surface area contributed by atoms with Gasteiger partial charge < -0.3 is 10.1 Å². The van der Waals surface area contributed by atoms with Gasteiger partial charge in [-0.2, -0.15) is 0 Å². The Hall–Kier alpha value is -2.11. The second kappa shape index (κ2) is 6.72. The quantitative estimate of drug-likeness (QED) is 0.632. The van der Waals surface area contributed by atoms with Gasteiger partial charge in [-0.3, -0.25) is 14.9 Å². The molecular weight excluding hydrogens is 248 g/mol. The molecule has 0 saturated heterocycles. The zero-order valence-corrected chi connectivity index (χ0v) is 11.3. The van der Waals surface area contributed by atoms with Crippen LogP contribution in [0.15, 0.2) is 18.2 Å². The van der Waals surface area contributed by atoms with Crippen molar-refractivity contribution in [2.45, 2.75) is 33.3 Å². The molecule has 0 bridgehead atoms. The molecular formula is C13H18N2O4. The summed E-state index contributed by atoms with van der Waals surface area (Å²) in [5.41, 5.74) is 0.636. The summed E-state index contributed by atoms with van der Waals surface area (Å²) in [5.74, 6) is -0.175. The average molecular weight is 266 g/mol. The molecule has 0 spiro atoms. The smallest absolute Gasteiger partial charge is 0.311 e. The van der Waals surface area contributed by atoms with Crippen LogP contribution in [0.1, 0.15) is 25.8 Å². The first-order valence-corrected chi connectivity index (χ1v) is 6.15. The zero-order valence-electron chi connectivity index (χ0n) is 11.3. The summed E-state index contributed by atoms with van der Waals surface area (Å²) in [5, 5.41) is 13.6. The van der Waals surface area contributed by atoms with Gasteiger partial charge in [0, 0.05) is 12.6 Å². The highest BCUT2D eigenvalue weighted by Crippen LogP contribution is 2.28. The van der Waals surface area contributed by atoms with E-state index >= 15 is 0 Å². The fraction of sp³-hybridized carbons (Fsp3) is 0.462. The van der Waals surface area contributed by atoms with Gasteiger partial charge in [0.05, 0.1) is 4.92 Å². The van der Waals surface area contributed by atoms with Crippen LogP contribution in [0.2, 0.25) is 0 Å². The van der Waals surface area contributed by atoms with Gasteiger partial charge in [-0.05, 0) is 31.9 Å². The number of benzene rings is 1. The molecule has 0 aliphatic heterocycles. The normalized spacial score (nSPS) is 11.7. The molecule has 6 heteroatoms. The summed E-state index contributed by atoms with van der Waals surface area (Å²) in [6, 6.07) is 4.64. The van der Waals surface area contributed by atoms with Crippen molar-refractivity contribution in [1.82, 2.24) is 5.32 Å². The molecule has 0 fully saturated rings. The highest BCUT2D eigenvalue weighted by Gasteiger charge is 2.20. The second-order valence-electron chi connectivity index (χ2n) is 4.28. The summed E-state index contributed by atoms with van der Waals surface area (Å²) in [7, 11) is 0. The SMILES string of the molecule is CCCNC(=O)[C@@H](C)Oc1ccc(C)cc1[N+](=O)[O-]. The monoisotopic (exact) mass is 266 g/mol. The Morgan fingerprint density at radius 2 is 2.21 bits per heavy atom. The minimum atomic E-state index is -0.770. The van der Waals surface area contributed by atoms with Crippen molar-refractivity contribution in [2.24, 2.45) is 0 Å². The van der Waals surface area contributed by atoms with Crippen LogP contribution in [-0.2, 0) is 4.79 Å². The summed E-state index contributed by atoms with van der Waals surface area (Å²) in [6.07, 6.45) is 0.0521. The molecule has 0 unspecified atom stereocenters. The fourth-order valence-electron chi connectivity index (χ4n) is 1.51. The first kappa shape index (κ1) is 14.9. The number of ether oxygens (including phenoxy) is 1. The van der Waals surface area contributed by atoms with Crippen LogP contribution in [0, 0.1) is 17.0 Å². The van der Waals surface area contributed by atoms with E-state index in [9.17, 15) is 14.9 Å². The van der Waals surface area contributed by atoms with Gasteiger partial charge in [0.2, 0.25) is 0 Å². The van der Waals surface area contributed by atoms with Crippen LogP contribution in [0.25, 0.3) is 0 Å². The Kier molecular flexibility index (Phi) is 5.29. The maximum Gasteiger partial charge on any atom is 0.311 e. The van der Waals surface area contributed by atoms with Crippen molar-refractivity contribution in [3.8, 4) is 5.75 Å². The molecule has 0 aliphatic rings. The van der Waals surface area contributed by atoms with Crippen LogP contribution in [0.5, 0.6) is 5.75 Å². The van der Waals surface area contributed by atoms with E-state index in [1.807, 2.05) is 6.92 Å². The van der Waals surface area contributed by atoms with Gasteiger partial charge in [-0.25, -0.2) is 0 Å². The third kappa shape index (κ3) is 4.24. The lowest BCUT2D eigenvalue weighted by molar-refractivity contribution is -0.386. The highest BCUT2D eigenvalue weighted by atomic mass is 16.6. The Bertz CT molecular complexity index is 474. The average Bonchev–Trinajstić information content (AvgIpc) is 2.37. The number of hydrogen-bond acceptors (Lipinski definition) is 4. The molecule has 1 aromatic rings. The summed E-state index contributed by atoms with van der Waals surface area (Å²) in [4.78, 5) is 22.1. The Morgan fingerprint density at radius 3 is 2.79 bits per heavy atom. The summed E-state index contributed by atoms with van der Waals surface area (Å²) in [6.45, 7) is 5.82. The largest absolute Gasteiger partial charge is 0.474 e. The third-order valence-corrected chi connectivity index (χ3v) is 2.53. The predicted molar refractivity (Wildman–Crippen MR) is 71.2 cm³/mol. The standard InChI is InChI=1S/C13H18N2O4/c1-4-7-14-13(16)10(3)19-12-6-5-9(2)8-11(12)15(17)18/h5-6,8,10H,4,7H2,1-3H3,(H,14,16)/t10-/m1/s1. The van der Waals surface area contributed by atoms with Crippen molar-refractivity contribution < 1.29 is 14.5 Å². The number of nitrogens with one attached hydrogen (secondary N) is 1. The fourth-order valence-corrected chi connectivity index (χ4v) is 1.51. The van der Waals surface area contributed by atoms with Gasteiger partial charge in [-0.15, -0.1) is 0 Å². The lowest BCUT2D eigenvalue weighted by Gasteiger charge is -2.14. The topological polar surface area (TPSA) is 81.5 Å². The van der Waals surface area contributed by atoms with Gasteiger partial charge in [-0.1, -0.05) is 13.0 Å². The number of carbonyl (C=O) groups excluding carboxylic acids is 1. The number of nitro benzene ring substituents is 1. The number of hydrogen-bond donors (Lipinski definition) is 1. The molecule has 0 aliphatic carbocycles. The van der Waals surface area contributed by atoms with Gasteiger partial charge in [0.25, 0.3) is 5.91 Å². The Labute approximate surface area is 111 Å². The molecule has 19 heavy (non-hydrogen) atoms. The number of rotatable bonds is 6. The summed E-state index contributed by atoms with van der Waals surface area (Å²) < 4.78 is 5.37. The highest BCUT2D eigenvalue weighted by molar-refractivity contribution is 5.80. The van der Waals surface area contributed by atoms with Crippen molar-refractivity contribution in [1.29, 1.82) is 0 Å². The van der Waals surface area contributed by atoms with Crippen LogP contribution in [-0.4, -0.2) is 23.5 Å². The maximum atomic E-state index is 11.6. The first-order chi connectivity index (χ1) is 8.95. The first-order valence-electron chi connectivity index (χ1n) is 6.15. The van der Waals surface area contributed by atoms with Gasteiger partial charge >= 0.3 is 5.69 Å². The van der Waals surface area contributed by atoms with Crippen molar-refractivity contribution in [3.63, 3.8) is 0 Å². The minimum Gasteiger partial charge on any atom is -0.474 e. The lowest BCUT2D eigenvalue weighted by Crippen LogP contribution is -2.36. The second-order valence-corrected chi connectivity index (χ2v) is 4.28. The van der Waals surface area contributed by atoms with Crippen molar-refractivity contribution in [3.05, 3.63) is 33.9 Å². The number of amides is 1. The molecule has 0 saturated carbocycles. The molecule has 0 radical (unpaired) electrons. The Balaban J connectivity index is 2.81.